The summed E-state index contributed by atoms with van der Waals surface area (Å²) in [6, 6.07) is 0. The Morgan fingerprint density at radius 1 is 0.296 bits per heavy atom. The van der Waals surface area contributed by atoms with Gasteiger partial charge in [0.05, 0.1) is 0 Å². The first kappa shape index (κ1) is 67.6. The summed E-state index contributed by atoms with van der Waals surface area (Å²) in [5.74, 6) is -0.910. The zero-order chi connectivity index (χ0) is 51.4. The second kappa shape index (κ2) is 59.2. The Labute approximate surface area is 439 Å². The summed E-state index contributed by atoms with van der Waals surface area (Å²) in [7, 11) is 0. The highest BCUT2D eigenvalue weighted by molar-refractivity contribution is 5.71. The molecule has 0 aromatic carbocycles. The van der Waals surface area contributed by atoms with E-state index < -0.39 is 6.10 Å². The molecule has 0 fully saturated rings. The standard InChI is InChI=1S/C65H112O6/c1-4-7-10-13-16-19-22-25-27-29-30-31-32-33-34-36-37-40-43-46-49-52-55-58-64(67)70-61-62(60-69-63(66)57-54-51-48-45-42-39-24-21-18-15-12-9-6-3)71-65(68)59-56-53-50-47-44-41-38-35-28-26-23-20-17-14-11-8-5-2/h8,11,17,20,22,25-26,28-30,32-33,38,41,62H,4-7,9-10,12-16,18-19,21,23-24,27,31,34-37,39-40,42-61H2,1-3H3/b11-8-,20-17-,25-22-,28-26-,30-29-,33-32-,41-38-. The Balaban J connectivity index is 4.38. The molecule has 0 saturated carbocycles. The Bertz CT molecular complexity index is 1370. The second-order valence-electron chi connectivity index (χ2n) is 19.9. The van der Waals surface area contributed by atoms with E-state index >= 15 is 0 Å². The van der Waals surface area contributed by atoms with Crippen LogP contribution in [0.1, 0.15) is 290 Å². The maximum atomic E-state index is 12.9. The lowest BCUT2D eigenvalue weighted by Gasteiger charge is -2.18. The molecule has 0 radical (unpaired) electrons. The Morgan fingerprint density at radius 2 is 0.549 bits per heavy atom. The minimum absolute atomic E-state index is 0.0871. The molecule has 0 rings (SSSR count). The lowest BCUT2D eigenvalue weighted by atomic mass is 10.0. The van der Waals surface area contributed by atoms with Gasteiger partial charge in [0.1, 0.15) is 13.2 Å². The number of hydrogen-bond acceptors (Lipinski definition) is 6. The van der Waals surface area contributed by atoms with Gasteiger partial charge in [0.25, 0.3) is 0 Å². The van der Waals surface area contributed by atoms with Crippen LogP contribution in [0.25, 0.3) is 0 Å². The smallest absolute Gasteiger partial charge is 0.306 e. The van der Waals surface area contributed by atoms with Crippen LogP contribution in [0, 0.1) is 0 Å². The maximum absolute atomic E-state index is 12.9. The molecule has 6 heteroatoms. The van der Waals surface area contributed by atoms with Crippen LogP contribution in [0.15, 0.2) is 85.1 Å². The van der Waals surface area contributed by atoms with Crippen molar-refractivity contribution in [2.24, 2.45) is 0 Å². The molecule has 1 unspecified atom stereocenters. The van der Waals surface area contributed by atoms with Crippen LogP contribution in [-0.2, 0) is 28.6 Å². The van der Waals surface area contributed by atoms with Gasteiger partial charge in [-0.2, -0.15) is 0 Å². The van der Waals surface area contributed by atoms with E-state index in [0.29, 0.717) is 19.3 Å². The Hall–Kier alpha value is -3.41. The van der Waals surface area contributed by atoms with Gasteiger partial charge in [0.15, 0.2) is 6.10 Å². The highest BCUT2D eigenvalue weighted by Crippen LogP contribution is 2.15. The van der Waals surface area contributed by atoms with E-state index in [0.717, 1.165) is 116 Å². The van der Waals surface area contributed by atoms with Crippen LogP contribution in [0.5, 0.6) is 0 Å². The summed E-state index contributed by atoms with van der Waals surface area (Å²) in [6.07, 6.45) is 77.2. The third-order valence-corrected chi connectivity index (χ3v) is 12.9. The van der Waals surface area contributed by atoms with Crippen LogP contribution in [-0.4, -0.2) is 37.2 Å². The summed E-state index contributed by atoms with van der Waals surface area (Å²) in [6.45, 7) is 6.51. The lowest BCUT2D eigenvalue weighted by molar-refractivity contribution is -0.167. The topological polar surface area (TPSA) is 78.9 Å². The number of allylic oxidation sites excluding steroid dienone is 14. The first-order chi connectivity index (χ1) is 35.0. The van der Waals surface area contributed by atoms with E-state index in [1.54, 1.807) is 0 Å². The summed E-state index contributed by atoms with van der Waals surface area (Å²) < 4.78 is 16.9. The molecule has 0 heterocycles. The molecule has 6 nitrogen and oxygen atoms in total. The van der Waals surface area contributed by atoms with Gasteiger partial charge in [-0.3, -0.25) is 14.4 Å². The first-order valence-electron chi connectivity index (χ1n) is 30.1. The number of unbranched alkanes of at least 4 members (excludes halogenated alkanes) is 29. The zero-order valence-electron chi connectivity index (χ0n) is 46.7. The van der Waals surface area contributed by atoms with Gasteiger partial charge in [-0.1, -0.05) is 260 Å². The van der Waals surface area contributed by atoms with Gasteiger partial charge >= 0.3 is 17.9 Å². The SMILES string of the molecule is CC/C=C\C/C=C\C/C=C\C/C=C\CCCCCCC(=O)OC(COC(=O)CCCCCCCCCC/C=C\C/C=C\C/C=C\CCCCCCC)COC(=O)CCCCCCCCCCCCCCC. The van der Waals surface area contributed by atoms with E-state index in [-0.39, 0.29) is 31.1 Å². The van der Waals surface area contributed by atoms with Crippen LogP contribution in [0.4, 0.5) is 0 Å². The summed E-state index contributed by atoms with van der Waals surface area (Å²) in [5, 5.41) is 0. The molecule has 408 valence electrons. The van der Waals surface area contributed by atoms with Gasteiger partial charge in [-0.15, -0.1) is 0 Å². The quantitative estimate of drug-likeness (QED) is 0.0261. The molecular weight excluding hydrogens is 877 g/mol. The minimum atomic E-state index is -0.792. The fourth-order valence-electron chi connectivity index (χ4n) is 8.38. The lowest BCUT2D eigenvalue weighted by Crippen LogP contribution is -2.30. The van der Waals surface area contributed by atoms with Crippen molar-refractivity contribution >= 4 is 17.9 Å². The second-order valence-corrected chi connectivity index (χ2v) is 19.9. The van der Waals surface area contributed by atoms with Crippen molar-refractivity contribution < 1.29 is 28.6 Å². The van der Waals surface area contributed by atoms with Crippen LogP contribution in [0.3, 0.4) is 0 Å². The van der Waals surface area contributed by atoms with Crippen molar-refractivity contribution in [1.82, 2.24) is 0 Å². The predicted octanol–water partition coefficient (Wildman–Crippen LogP) is 20.3. The van der Waals surface area contributed by atoms with E-state index in [9.17, 15) is 14.4 Å². The number of carbonyl (C=O) groups excluding carboxylic acids is 3. The van der Waals surface area contributed by atoms with Gasteiger partial charge in [0.2, 0.25) is 0 Å². The predicted molar refractivity (Wildman–Crippen MR) is 307 cm³/mol. The fraction of sp³-hybridized carbons (Fsp3) is 0.738. The molecule has 0 aromatic rings. The summed E-state index contributed by atoms with van der Waals surface area (Å²) in [4.78, 5) is 38.2. The molecule has 0 spiro atoms. The van der Waals surface area contributed by atoms with Crippen molar-refractivity contribution in [3.63, 3.8) is 0 Å². The number of esters is 3. The molecule has 0 aliphatic carbocycles. The number of hydrogen-bond donors (Lipinski definition) is 0. The van der Waals surface area contributed by atoms with Gasteiger partial charge in [0, 0.05) is 19.3 Å². The Kier molecular flexibility index (Phi) is 56.3. The molecule has 0 aliphatic rings. The van der Waals surface area contributed by atoms with E-state index in [1.165, 1.54) is 135 Å². The zero-order valence-corrected chi connectivity index (χ0v) is 46.7. The van der Waals surface area contributed by atoms with Crippen LogP contribution >= 0.6 is 0 Å². The first-order valence-corrected chi connectivity index (χ1v) is 30.1. The molecule has 0 saturated heterocycles. The van der Waals surface area contributed by atoms with E-state index in [4.69, 9.17) is 14.2 Å². The average Bonchev–Trinajstić information content (AvgIpc) is 3.37. The van der Waals surface area contributed by atoms with Crippen LogP contribution in [0.2, 0.25) is 0 Å². The number of ether oxygens (including phenoxy) is 3. The molecule has 71 heavy (non-hydrogen) atoms. The largest absolute Gasteiger partial charge is 0.462 e. The summed E-state index contributed by atoms with van der Waals surface area (Å²) in [5.41, 5.74) is 0. The Morgan fingerprint density at radius 3 is 0.859 bits per heavy atom. The molecule has 0 amide bonds. The maximum Gasteiger partial charge on any atom is 0.306 e. The van der Waals surface area contributed by atoms with E-state index in [2.05, 4.69) is 106 Å². The molecule has 0 aromatic heterocycles. The number of rotatable bonds is 54. The van der Waals surface area contributed by atoms with Crippen molar-refractivity contribution in [2.75, 3.05) is 13.2 Å². The summed E-state index contributed by atoms with van der Waals surface area (Å²) >= 11 is 0. The third kappa shape index (κ3) is 57.4. The molecular formula is C65H112O6. The molecule has 0 bridgehead atoms. The highest BCUT2D eigenvalue weighted by atomic mass is 16.6. The highest BCUT2D eigenvalue weighted by Gasteiger charge is 2.19. The van der Waals surface area contributed by atoms with Crippen molar-refractivity contribution in [2.45, 2.75) is 297 Å². The normalized spacial score (nSPS) is 12.7. The van der Waals surface area contributed by atoms with Crippen molar-refractivity contribution in [3.8, 4) is 0 Å². The van der Waals surface area contributed by atoms with Gasteiger partial charge < -0.3 is 14.2 Å². The average molecular weight is 990 g/mol. The monoisotopic (exact) mass is 989 g/mol. The van der Waals surface area contributed by atoms with Crippen molar-refractivity contribution in [3.05, 3.63) is 85.1 Å². The van der Waals surface area contributed by atoms with Crippen LogP contribution < -0.4 is 0 Å². The molecule has 0 aliphatic heterocycles. The third-order valence-electron chi connectivity index (χ3n) is 12.9. The van der Waals surface area contributed by atoms with Crippen molar-refractivity contribution in [1.29, 1.82) is 0 Å². The van der Waals surface area contributed by atoms with Gasteiger partial charge in [-0.25, -0.2) is 0 Å². The number of carbonyl (C=O) groups is 3. The van der Waals surface area contributed by atoms with E-state index in [1.807, 2.05) is 0 Å². The molecule has 1 atom stereocenters. The minimum Gasteiger partial charge on any atom is -0.462 e. The molecule has 0 N–H and O–H groups in total. The van der Waals surface area contributed by atoms with Gasteiger partial charge in [-0.05, 0) is 96.3 Å². The fourth-order valence-corrected chi connectivity index (χ4v) is 8.38.